The van der Waals surface area contributed by atoms with E-state index in [9.17, 15) is 4.79 Å². The van der Waals surface area contributed by atoms with Crippen molar-refractivity contribution in [3.63, 3.8) is 0 Å². The van der Waals surface area contributed by atoms with Crippen LogP contribution in [-0.4, -0.2) is 57.2 Å². The van der Waals surface area contributed by atoms with Crippen molar-refractivity contribution in [1.82, 2.24) is 15.5 Å². The Hall–Kier alpha value is -1.30. The summed E-state index contributed by atoms with van der Waals surface area (Å²) < 4.78 is 5.64. The van der Waals surface area contributed by atoms with Gasteiger partial charge in [0.25, 0.3) is 0 Å². The van der Waals surface area contributed by atoms with E-state index in [0.29, 0.717) is 19.7 Å². The molecule has 1 amide bonds. The lowest BCUT2D eigenvalue weighted by molar-refractivity contribution is -0.122. The molecule has 142 valence electrons. The van der Waals surface area contributed by atoms with Crippen LogP contribution in [0.15, 0.2) is 24.3 Å². The maximum absolute atomic E-state index is 12.0. The molecule has 2 N–H and O–H groups in total. The summed E-state index contributed by atoms with van der Waals surface area (Å²) in [5, 5.41) is 6.16. The second kappa shape index (κ2) is 12.1. The number of amides is 1. The molecule has 1 saturated heterocycles. The Morgan fingerprint density at radius 2 is 2.04 bits per heavy atom. The molecule has 1 aromatic carbocycles. The molecule has 6 heteroatoms. The van der Waals surface area contributed by atoms with E-state index >= 15 is 0 Å². The van der Waals surface area contributed by atoms with Gasteiger partial charge in [0.2, 0.25) is 5.91 Å². The number of rotatable bonds is 9. The summed E-state index contributed by atoms with van der Waals surface area (Å²) in [6.45, 7) is 6.74. The molecular formula is C19H32ClN3O2. The minimum absolute atomic E-state index is 0. The lowest BCUT2D eigenvalue weighted by Crippen LogP contribution is -2.42. The number of benzene rings is 1. The Bertz CT molecular complexity index is 505. The van der Waals surface area contributed by atoms with Gasteiger partial charge >= 0.3 is 0 Å². The van der Waals surface area contributed by atoms with Crippen molar-refractivity contribution in [3.05, 3.63) is 29.8 Å². The molecule has 0 aromatic heterocycles. The van der Waals surface area contributed by atoms with Crippen LogP contribution in [0, 0.1) is 12.8 Å². The highest BCUT2D eigenvalue weighted by molar-refractivity contribution is 5.85. The van der Waals surface area contributed by atoms with Crippen LogP contribution in [0.3, 0.4) is 0 Å². The fraction of sp³-hybridized carbons (Fsp3) is 0.632. The quantitative estimate of drug-likeness (QED) is 0.655. The van der Waals surface area contributed by atoms with Gasteiger partial charge < -0.3 is 15.4 Å². The molecule has 5 nitrogen and oxygen atoms in total. The number of nitrogens with one attached hydrogen (secondary N) is 2. The molecule has 0 unspecified atom stereocenters. The SMILES string of the molecule is CNCCC1CCN(CC(=O)NCCOc2cccc(C)c2)CC1.Cl. The molecule has 1 heterocycles. The molecule has 2 rings (SSSR count). The molecule has 0 radical (unpaired) electrons. The van der Waals surface area contributed by atoms with Gasteiger partial charge in [-0.2, -0.15) is 0 Å². The van der Waals surface area contributed by atoms with Crippen molar-refractivity contribution in [1.29, 1.82) is 0 Å². The number of likely N-dealkylation sites (tertiary alicyclic amines) is 1. The molecule has 1 aromatic rings. The first kappa shape index (κ1) is 21.7. The highest BCUT2D eigenvalue weighted by atomic mass is 35.5. The summed E-state index contributed by atoms with van der Waals surface area (Å²) in [6.07, 6.45) is 3.64. The number of piperidine rings is 1. The van der Waals surface area contributed by atoms with Gasteiger partial charge in [0.05, 0.1) is 13.1 Å². The third-order valence-electron chi connectivity index (χ3n) is 4.56. The second-order valence-corrected chi connectivity index (χ2v) is 6.63. The summed E-state index contributed by atoms with van der Waals surface area (Å²) in [5.41, 5.74) is 1.18. The lowest BCUT2D eigenvalue weighted by atomic mass is 9.93. The van der Waals surface area contributed by atoms with Gasteiger partial charge in [-0.15, -0.1) is 12.4 Å². The lowest BCUT2D eigenvalue weighted by Gasteiger charge is -2.31. The van der Waals surface area contributed by atoms with E-state index in [1.807, 2.05) is 38.2 Å². The van der Waals surface area contributed by atoms with Crippen LogP contribution < -0.4 is 15.4 Å². The third-order valence-corrected chi connectivity index (χ3v) is 4.56. The summed E-state index contributed by atoms with van der Waals surface area (Å²) >= 11 is 0. The normalized spacial score (nSPS) is 15.4. The number of carbonyl (C=O) groups excluding carboxylic acids is 1. The molecule has 0 bridgehead atoms. The summed E-state index contributed by atoms with van der Waals surface area (Å²) in [7, 11) is 2.00. The van der Waals surface area contributed by atoms with E-state index in [-0.39, 0.29) is 18.3 Å². The summed E-state index contributed by atoms with van der Waals surface area (Å²) in [6, 6.07) is 7.95. The van der Waals surface area contributed by atoms with Crippen LogP contribution >= 0.6 is 12.4 Å². The first-order chi connectivity index (χ1) is 11.7. The van der Waals surface area contributed by atoms with E-state index in [4.69, 9.17) is 4.74 Å². The van der Waals surface area contributed by atoms with E-state index < -0.39 is 0 Å². The van der Waals surface area contributed by atoms with Crippen LogP contribution in [0.5, 0.6) is 5.75 Å². The number of aryl methyl sites for hydroxylation is 1. The van der Waals surface area contributed by atoms with Crippen LogP contribution in [-0.2, 0) is 4.79 Å². The average Bonchev–Trinajstić information content (AvgIpc) is 2.58. The third kappa shape index (κ3) is 8.56. The number of nitrogens with zero attached hydrogens (tertiary/aromatic N) is 1. The molecule has 0 aliphatic carbocycles. The van der Waals surface area contributed by atoms with E-state index in [2.05, 4.69) is 15.5 Å². The first-order valence-electron chi connectivity index (χ1n) is 9.00. The number of hydrogen-bond donors (Lipinski definition) is 2. The number of hydrogen-bond acceptors (Lipinski definition) is 4. The zero-order valence-corrected chi connectivity index (χ0v) is 16.2. The van der Waals surface area contributed by atoms with Crippen LogP contribution in [0.4, 0.5) is 0 Å². The molecule has 0 atom stereocenters. The highest BCUT2D eigenvalue weighted by Gasteiger charge is 2.20. The Kier molecular flexibility index (Phi) is 10.5. The van der Waals surface area contributed by atoms with E-state index in [1.54, 1.807) is 0 Å². The largest absolute Gasteiger partial charge is 0.492 e. The van der Waals surface area contributed by atoms with Crippen LogP contribution in [0.2, 0.25) is 0 Å². The van der Waals surface area contributed by atoms with Crippen molar-refractivity contribution < 1.29 is 9.53 Å². The predicted molar refractivity (Wildman–Crippen MR) is 105 cm³/mol. The molecule has 1 aliphatic heterocycles. The Labute approximate surface area is 157 Å². The van der Waals surface area contributed by atoms with Gasteiger partial charge in [-0.1, -0.05) is 12.1 Å². The van der Waals surface area contributed by atoms with Gasteiger partial charge in [0.1, 0.15) is 12.4 Å². The van der Waals surface area contributed by atoms with E-state index in [0.717, 1.165) is 31.3 Å². The predicted octanol–water partition coefficient (Wildman–Crippen LogP) is 2.23. The van der Waals surface area contributed by atoms with Crippen LogP contribution in [0.1, 0.15) is 24.8 Å². The monoisotopic (exact) mass is 369 g/mol. The van der Waals surface area contributed by atoms with Gasteiger partial charge in [-0.25, -0.2) is 0 Å². The van der Waals surface area contributed by atoms with Gasteiger partial charge in [0, 0.05) is 0 Å². The molecule has 0 saturated carbocycles. The Morgan fingerprint density at radius 3 is 2.72 bits per heavy atom. The van der Waals surface area contributed by atoms with Crippen molar-refractivity contribution in [2.24, 2.45) is 5.92 Å². The van der Waals surface area contributed by atoms with Crippen molar-refractivity contribution >= 4 is 18.3 Å². The fourth-order valence-electron chi connectivity index (χ4n) is 3.11. The van der Waals surface area contributed by atoms with Gasteiger partial charge in [-0.05, 0) is 76.5 Å². The minimum atomic E-state index is 0. The van der Waals surface area contributed by atoms with Gasteiger partial charge in [-0.3, -0.25) is 9.69 Å². The standard InChI is InChI=1S/C19H31N3O2.ClH/c1-16-4-3-5-18(14-16)24-13-10-21-19(23)15-22-11-7-17(8-12-22)6-9-20-2;/h3-5,14,17,20H,6-13,15H2,1-2H3,(H,21,23);1H. The molecule has 0 spiro atoms. The summed E-state index contributed by atoms with van der Waals surface area (Å²) in [5.74, 6) is 1.75. The van der Waals surface area contributed by atoms with Crippen molar-refractivity contribution in [3.8, 4) is 5.75 Å². The Balaban J connectivity index is 0.00000312. The topological polar surface area (TPSA) is 53.6 Å². The molecule has 1 aliphatic rings. The Morgan fingerprint density at radius 1 is 1.28 bits per heavy atom. The molecular weight excluding hydrogens is 338 g/mol. The first-order valence-corrected chi connectivity index (χ1v) is 9.00. The van der Waals surface area contributed by atoms with E-state index in [1.165, 1.54) is 24.8 Å². The summed E-state index contributed by atoms with van der Waals surface area (Å²) in [4.78, 5) is 14.3. The molecule has 25 heavy (non-hydrogen) atoms. The zero-order chi connectivity index (χ0) is 17.2. The van der Waals surface area contributed by atoms with Crippen molar-refractivity contribution in [2.45, 2.75) is 26.2 Å². The number of carbonyl (C=O) groups is 1. The maximum Gasteiger partial charge on any atom is 0.234 e. The number of halogens is 1. The maximum atomic E-state index is 12.0. The molecule has 1 fully saturated rings. The highest BCUT2D eigenvalue weighted by Crippen LogP contribution is 2.19. The second-order valence-electron chi connectivity index (χ2n) is 6.63. The fourth-order valence-corrected chi connectivity index (χ4v) is 3.11. The minimum Gasteiger partial charge on any atom is -0.492 e. The van der Waals surface area contributed by atoms with Crippen LogP contribution in [0.25, 0.3) is 0 Å². The zero-order valence-electron chi connectivity index (χ0n) is 15.4. The van der Waals surface area contributed by atoms with Crippen molar-refractivity contribution in [2.75, 3.05) is 46.4 Å². The number of ether oxygens (including phenoxy) is 1. The smallest absolute Gasteiger partial charge is 0.234 e. The van der Waals surface area contributed by atoms with Gasteiger partial charge in [0.15, 0.2) is 0 Å². The average molecular weight is 370 g/mol.